The molecule has 3 rings (SSSR count). The number of hydrogen-bond donors (Lipinski definition) is 1. The number of hydrogen-bond acceptors (Lipinski definition) is 5. The topological polar surface area (TPSA) is 84.6 Å². The summed E-state index contributed by atoms with van der Waals surface area (Å²) in [5.74, 6) is 0.572. The maximum atomic E-state index is 5.73. The molecule has 7 nitrogen and oxygen atoms in total. The zero-order valence-corrected chi connectivity index (χ0v) is 8.05. The molecule has 0 aliphatic rings. The van der Waals surface area contributed by atoms with E-state index in [2.05, 4.69) is 30.6 Å². The second-order valence-corrected chi connectivity index (χ2v) is 3.21. The lowest BCUT2D eigenvalue weighted by Gasteiger charge is -1.94. The Morgan fingerprint density at radius 1 is 1.33 bits per heavy atom. The summed E-state index contributed by atoms with van der Waals surface area (Å²) in [7, 11) is 0. The molecule has 3 heterocycles. The van der Waals surface area contributed by atoms with Gasteiger partial charge in [0.25, 0.3) is 0 Å². The molecule has 0 aliphatic carbocycles. The van der Waals surface area contributed by atoms with Gasteiger partial charge in [0, 0.05) is 6.07 Å². The van der Waals surface area contributed by atoms with Crippen LogP contribution in [0.4, 0.5) is 0 Å². The fourth-order valence-electron chi connectivity index (χ4n) is 1.26. The lowest BCUT2D eigenvalue weighted by atomic mass is 10.4. The smallest absolute Gasteiger partial charge is 0.191 e. The standard InChI is InChI=1S/C7H4ClN7/c8-5-1-6-12-13-7(15(6)3-9-5)4-2-10-14-11-4/h1-3H,(H,10,11,14). The van der Waals surface area contributed by atoms with Gasteiger partial charge in [-0.15, -0.1) is 10.2 Å². The number of rotatable bonds is 1. The maximum Gasteiger partial charge on any atom is 0.191 e. The molecule has 74 valence electrons. The summed E-state index contributed by atoms with van der Waals surface area (Å²) in [5.41, 5.74) is 1.22. The number of halogens is 1. The summed E-state index contributed by atoms with van der Waals surface area (Å²) in [6, 6.07) is 1.62. The fraction of sp³-hybridized carbons (Fsp3) is 0. The van der Waals surface area contributed by atoms with Crippen molar-refractivity contribution in [1.82, 2.24) is 35.0 Å². The second-order valence-electron chi connectivity index (χ2n) is 2.82. The van der Waals surface area contributed by atoms with E-state index < -0.39 is 0 Å². The molecule has 0 radical (unpaired) electrons. The van der Waals surface area contributed by atoms with E-state index in [0.717, 1.165) is 0 Å². The highest BCUT2D eigenvalue weighted by atomic mass is 35.5. The van der Waals surface area contributed by atoms with E-state index in [9.17, 15) is 0 Å². The van der Waals surface area contributed by atoms with Crippen LogP contribution in [0.5, 0.6) is 0 Å². The molecule has 0 saturated carbocycles. The van der Waals surface area contributed by atoms with Gasteiger partial charge in [0.2, 0.25) is 0 Å². The summed E-state index contributed by atoms with van der Waals surface area (Å²) in [5, 5.41) is 18.4. The van der Waals surface area contributed by atoms with Crippen LogP contribution in [0.25, 0.3) is 17.2 Å². The quantitative estimate of drug-likeness (QED) is 0.607. The number of aromatic amines is 1. The van der Waals surface area contributed by atoms with Gasteiger partial charge in [0.05, 0.1) is 6.20 Å². The Balaban J connectivity index is 2.29. The van der Waals surface area contributed by atoms with Gasteiger partial charge in [0.15, 0.2) is 17.2 Å². The van der Waals surface area contributed by atoms with Crippen LogP contribution in [0.3, 0.4) is 0 Å². The van der Waals surface area contributed by atoms with Crippen molar-refractivity contribution in [3.8, 4) is 11.5 Å². The van der Waals surface area contributed by atoms with Crippen molar-refractivity contribution in [3.63, 3.8) is 0 Å². The zero-order valence-electron chi connectivity index (χ0n) is 7.29. The van der Waals surface area contributed by atoms with Gasteiger partial charge in [-0.2, -0.15) is 15.4 Å². The molecule has 0 amide bonds. The third kappa shape index (κ3) is 1.24. The van der Waals surface area contributed by atoms with Gasteiger partial charge in [-0.1, -0.05) is 11.6 Å². The molecule has 3 aromatic heterocycles. The Morgan fingerprint density at radius 3 is 3.07 bits per heavy atom. The van der Waals surface area contributed by atoms with Crippen molar-refractivity contribution in [3.05, 3.63) is 23.7 Å². The molecule has 0 unspecified atom stereocenters. The SMILES string of the molecule is Clc1cc2nnc(-c3cn[nH]n3)n2cn1. The molecule has 1 N–H and O–H groups in total. The van der Waals surface area contributed by atoms with Crippen LogP contribution in [0.1, 0.15) is 0 Å². The first kappa shape index (κ1) is 8.30. The van der Waals surface area contributed by atoms with Crippen molar-refractivity contribution in [2.24, 2.45) is 0 Å². The average Bonchev–Trinajstić information content (AvgIpc) is 2.82. The van der Waals surface area contributed by atoms with Gasteiger partial charge in [0.1, 0.15) is 11.5 Å². The van der Waals surface area contributed by atoms with Crippen molar-refractivity contribution < 1.29 is 0 Å². The van der Waals surface area contributed by atoms with Crippen molar-refractivity contribution in [1.29, 1.82) is 0 Å². The van der Waals surface area contributed by atoms with E-state index in [4.69, 9.17) is 11.6 Å². The Labute approximate surface area is 88.1 Å². The number of H-pyrrole nitrogens is 1. The van der Waals surface area contributed by atoms with Gasteiger partial charge in [-0.25, -0.2) is 4.98 Å². The normalized spacial score (nSPS) is 11.0. The number of aromatic nitrogens is 7. The van der Waals surface area contributed by atoms with Crippen molar-refractivity contribution in [2.75, 3.05) is 0 Å². The highest BCUT2D eigenvalue weighted by Crippen LogP contribution is 2.15. The summed E-state index contributed by atoms with van der Waals surface area (Å²) in [6.07, 6.45) is 3.10. The van der Waals surface area contributed by atoms with E-state index in [1.165, 1.54) is 0 Å². The zero-order chi connectivity index (χ0) is 10.3. The first-order chi connectivity index (χ1) is 7.34. The molecule has 0 bridgehead atoms. The lowest BCUT2D eigenvalue weighted by Crippen LogP contribution is -1.91. The molecule has 0 fully saturated rings. The van der Waals surface area contributed by atoms with Gasteiger partial charge in [-0.3, -0.25) is 4.40 Å². The van der Waals surface area contributed by atoms with Gasteiger partial charge in [-0.05, 0) is 0 Å². The van der Waals surface area contributed by atoms with Crippen LogP contribution in [-0.2, 0) is 0 Å². The summed E-state index contributed by atoms with van der Waals surface area (Å²) < 4.78 is 1.68. The van der Waals surface area contributed by atoms with Crippen LogP contribution in [0, 0.1) is 0 Å². The Kier molecular flexibility index (Phi) is 1.65. The van der Waals surface area contributed by atoms with E-state index in [-0.39, 0.29) is 0 Å². The molecular formula is C7H4ClN7. The first-order valence-electron chi connectivity index (χ1n) is 4.07. The monoisotopic (exact) mass is 221 g/mol. The Hall–Kier alpha value is -2.02. The molecule has 0 spiro atoms. The number of nitrogens with zero attached hydrogens (tertiary/aromatic N) is 6. The summed E-state index contributed by atoms with van der Waals surface area (Å²) >= 11 is 5.73. The minimum atomic E-state index is 0.376. The predicted molar refractivity (Wildman–Crippen MR) is 51.2 cm³/mol. The maximum absolute atomic E-state index is 5.73. The third-order valence-corrected chi connectivity index (χ3v) is 2.12. The van der Waals surface area contributed by atoms with E-state index in [1.807, 2.05) is 0 Å². The Bertz CT molecular complexity index is 599. The number of fused-ring (bicyclic) bond motifs is 1. The lowest BCUT2D eigenvalue weighted by molar-refractivity contribution is 0.936. The third-order valence-electron chi connectivity index (χ3n) is 1.91. The van der Waals surface area contributed by atoms with E-state index in [1.54, 1.807) is 23.0 Å². The molecule has 0 aromatic carbocycles. The molecule has 0 saturated heterocycles. The molecule has 15 heavy (non-hydrogen) atoms. The average molecular weight is 222 g/mol. The second kappa shape index (κ2) is 2.99. The van der Waals surface area contributed by atoms with Crippen LogP contribution >= 0.6 is 11.6 Å². The summed E-state index contributed by atoms with van der Waals surface area (Å²) in [6.45, 7) is 0. The fourth-order valence-corrected chi connectivity index (χ4v) is 1.40. The van der Waals surface area contributed by atoms with Crippen LogP contribution in [0.2, 0.25) is 5.15 Å². The highest BCUT2D eigenvalue weighted by molar-refractivity contribution is 6.29. The predicted octanol–water partition coefficient (Wildman–Crippen LogP) is 0.563. The largest absolute Gasteiger partial charge is 0.264 e. The Morgan fingerprint density at radius 2 is 2.27 bits per heavy atom. The number of nitrogens with one attached hydrogen (secondary N) is 1. The van der Waals surface area contributed by atoms with E-state index in [0.29, 0.717) is 22.3 Å². The van der Waals surface area contributed by atoms with Gasteiger partial charge < -0.3 is 0 Å². The van der Waals surface area contributed by atoms with E-state index >= 15 is 0 Å². The van der Waals surface area contributed by atoms with Crippen molar-refractivity contribution >= 4 is 17.2 Å². The summed E-state index contributed by atoms with van der Waals surface area (Å²) in [4.78, 5) is 3.94. The van der Waals surface area contributed by atoms with Crippen LogP contribution < -0.4 is 0 Å². The van der Waals surface area contributed by atoms with Crippen LogP contribution in [0.15, 0.2) is 18.6 Å². The van der Waals surface area contributed by atoms with Crippen molar-refractivity contribution in [2.45, 2.75) is 0 Å². The van der Waals surface area contributed by atoms with Gasteiger partial charge >= 0.3 is 0 Å². The molecular weight excluding hydrogens is 218 g/mol. The molecule has 3 aromatic rings. The van der Waals surface area contributed by atoms with Crippen LogP contribution in [-0.4, -0.2) is 35.0 Å². The molecule has 8 heteroatoms. The molecule has 0 atom stereocenters. The minimum absolute atomic E-state index is 0.376. The minimum Gasteiger partial charge on any atom is -0.264 e. The first-order valence-corrected chi connectivity index (χ1v) is 4.45. The highest BCUT2D eigenvalue weighted by Gasteiger charge is 2.10. The molecule has 0 aliphatic heterocycles.